The van der Waals surface area contributed by atoms with Crippen LogP contribution >= 0.6 is 0 Å². The largest absolute Gasteiger partial charge is 0.508 e. The summed E-state index contributed by atoms with van der Waals surface area (Å²) in [5.41, 5.74) is 18.4. The number of nitrogens with two attached hydrogens (primary N) is 3. The zero-order valence-corrected chi connectivity index (χ0v) is 19.7. The Morgan fingerprint density at radius 3 is 1.73 bits per heavy atom. The Bertz CT molecular complexity index is 1190. The predicted molar refractivity (Wildman–Crippen MR) is 133 cm³/mol. The molecule has 1 heterocycles. The minimum absolute atomic E-state index is 0.160. The lowest BCUT2D eigenvalue weighted by molar-refractivity contribution is -0.144. The third kappa shape index (κ3) is 11.2. The molecule has 0 saturated heterocycles. The average Bonchev–Trinajstić information content (AvgIpc) is 3.23. The number of hydrogen-bond donors (Lipinski definition) is 9. The Kier molecular flexibility index (Phi) is 12.3. The summed E-state index contributed by atoms with van der Waals surface area (Å²) < 4.78 is 0. The number of rotatable bonds is 9. The number of phenols is 1. The van der Waals surface area contributed by atoms with Crippen molar-refractivity contribution < 1.29 is 44.7 Å². The van der Waals surface area contributed by atoms with Gasteiger partial charge in [0, 0.05) is 23.5 Å². The highest BCUT2D eigenvalue weighted by Crippen LogP contribution is 2.18. The number of fused-ring (bicyclic) bond motifs is 1. The normalized spacial score (nSPS) is 12.6. The van der Waals surface area contributed by atoms with E-state index in [2.05, 4.69) is 4.98 Å². The minimum Gasteiger partial charge on any atom is -0.508 e. The SMILES string of the molecule is N[C@@H](CC(=O)O)C(=O)O.N[C@@H](Cc1c[nH]c2ccccc12)C(=O)O.N[C@@H](Cc1ccc(O)cc1)C(=O)O. The van der Waals surface area contributed by atoms with E-state index in [0.29, 0.717) is 6.42 Å². The molecule has 13 nitrogen and oxygen atoms in total. The second-order valence-electron chi connectivity index (χ2n) is 7.87. The number of carboxylic acid groups (broad SMARTS) is 4. The number of aromatic nitrogens is 1. The Morgan fingerprint density at radius 1 is 0.730 bits per heavy atom. The van der Waals surface area contributed by atoms with Gasteiger partial charge in [0.05, 0.1) is 6.42 Å². The van der Waals surface area contributed by atoms with Crippen molar-refractivity contribution in [3.05, 3.63) is 65.9 Å². The maximum Gasteiger partial charge on any atom is 0.321 e. The number of aromatic hydroxyl groups is 1. The van der Waals surface area contributed by atoms with E-state index in [1.165, 1.54) is 12.1 Å². The van der Waals surface area contributed by atoms with E-state index in [4.69, 9.17) is 42.7 Å². The molecule has 0 spiro atoms. The van der Waals surface area contributed by atoms with Gasteiger partial charge in [0.1, 0.15) is 23.9 Å². The highest BCUT2D eigenvalue weighted by atomic mass is 16.4. The van der Waals surface area contributed by atoms with Crippen LogP contribution in [-0.2, 0) is 32.0 Å². The average molecular weight is 519 g/mol. The molecule has 200 valence electrons. The molecule has 13 heteroatoms. The van der Waals surface area contributed by atoms with Gasteiger partial charge < -0.3 is 47.7 Å². The van der Waals surface area contributed by atoms with E-state index in [9.17, 15) is 19.2 Å². The number of aliphatic carboxylic acids is 4. The summed E-state index contributed by atoms with van der Waals surface area (Å²) in [6.07, 6.45) is 1.90. The van der Waals surface area contributed by atoms with E-state index in [1.54, 1.807) is 12.1 Å². The molecule has 1 aromatic heterocycles. The zero-order valence-electron chi connectivity index (χ0n) is 19.7. The first-order valence-electron chi connectivity index (χ1n) is 10.8. The van der Waals surface area contributed by atoms with Crippen molar-refractivity contribution >= 4 is 34.8 Å². The fourth-order valence-electron chi connectivity index (χ4n) is 2.87. The third-order valence-corrected chi connectivity index (χ3v) is 4.85. The summed E-state index contributed by atoms with van der Waals surface area (Å²) in [5.74, 6) is -4.33. The van der Waals surface area contributed by atoms with Crippen LogP contribution in [0.2, 0.25) is 0 Å². The van der Waals surface area contributed by atoms with E-state index >= 15 is 0 Å². The van der Waals surface area contributed by atoms with Crippen LogP contribution in [-0.4, -0.2) is 72.5 Å². The summed E-state index contributed by atoms with van der Waals surface area (Å²) in [5, 5.41) is 43.3. The molecule has 0 bridgehead atoms. The highest BCUT2D eigenvalue weighted by molar-refractivity contribution is 5.84. The van der Waals surface area contributed by atoms with Crippen LogP contribution in [0.1, 0.15) is 17.5 Å². The molecule has 0 aliphatic heterocycles. The summed E-state index contributed by atoms with van der Waals surface area (Å²) in [7, 11) is 0. The molecule has 3 atom stereocenters. The van der Waals surface area contributed by atoms with Gasteiger partial charge in [-0.25, -0.2) is 0 Å². The monoisotopic (exact) mass is 518 g/mol. The smallest absolute Gasteiger partial charge is 0.321 e. The molecule has 3 rings (SSSR count). The Morgan fingerprint density at radius 2 is 1.24 bits per heavy atom. The standard InChI is InChI=1S/C11H12N2O2.C9H11NO3.C4H7NO4/c12-9(11(14)15)5-7-6-13-10-4-2-1-3-8(7)10;10-8(9(12)13)5-6-1-3-7(11)4-2-6;5-2(4(8)9)1-3(6)7/h1-4,6,9,13H,5,12H2,(H,14,15);1-4,8,11H,5,10H2,(H,12,13);2H,1,5H2,(H,6,7)(H,8,9)/t9-;8-;2-/m000/s1. The summed E-state index contributed by atoms with van der Waals surface area (Å²) in [6, 6.07) is 11.0. The topological polar surface area (TPSA) is 263 Å². The van der Waals surface area contributed by atoms with Crippen LogP contribution in [0, 0.1) is 0 Å². The number of aromatic amines is 1. The summed E-state index contributed by atoms with van der Waals surface area (Å²) >= 11 is 0. The second kappa shape index (κ2) is 14.8. The van der Waals surface area contributed by atoms with Gasteiger partial charge in [0.15, 0.2) is 0 Å². The number of benzene rings is 2. The molecule has 3 aromatic rings. The van der Waals surface area contributed by atoms with Gasteiger partial charge in [-0.3, -0.25) is 19.2 Å². The van der Waals surface area contributed by atoms with Crippen LogP contribution in [0.15, 0.2) is 54.7 Å². The van der Waals surface area contributed by atoms with Gasteiger partial charge in [-0.1, -0.05) is 30.3 Å². The van der Waals surface area contributed by atoms with Crippen molar-refractivity contribution in [1.29, 1.82) is 0 Å². The lowest BCUT2D eigenvalue weighted by Crippen LogP contribution is -2.32. The molecule has 0 unspecified atom stereocenters. The molecule has 0 aliphatic carbocycles. The molecule has 0 radical (unpaired) electrons. The van der Waals surface area contributed by atoms with Crippen molar-refractivity contribution in [2.75, 3.05) is 0 Å². The Balaban J connectivity index is 0.000000288. The van der Waals surface area contributed by atoms with Gasteiger partial charge in [0.25, 0.3) is 0 Å². The molecular formula is C24H30N4O9. The van der Waals surface area contributed by atoms with Crippen LogP contribution in [0.3, 0.4) is 0 Å². The van der Waals surface area contributed by atoms with Crippen LogP contribution < -0.4 is 17.2 Å². The summed E-state index contributed by atoms with van der Waals surface area (Å²) in [4.78, 5) is 43.7. The highest BCUT2D eigenvalue weighted by Gasteiger charge is 2.15. The number of phenolic OH excluding ortho intramolecular Hbond substituents is 1. The van der Waals surface area contributed by atoms with Gasteiger partial charge in [0.2, 0.25) is 0 Å². The fraction of sp³-hybridized carbons (Fsp3) is 0.250. The van der Waals surface area contributed by atoms with Crippen LogP contribution in [0.5, 0.6) is 5.75 Å². The number of hydrogen-bond acceptors (Lipinski definition) is 8. The van der Waals surface area contributed by atoms with Gasteiger partial charge in [-0.05, 0) is 35.7 Å². The molecular weight excluding hydrogens is 488 g/mol. The lowest BCUT2D eigenvalue weighted by Gasteiger charge is -2.05. The first-order chi connectivity index (χ1) is 17.3. The predicted octanol–water partition coefficient (Wildman–Crippen LogP) is 0.342. The van der Waals surface area contributed by atoms with E-state index in [1.807, 2.05) is 30.5 Å². The minimum atomic E-state index is -1.29. The van der Waals surface area contributed by atoms with E-state index in [-0.39, 0.29) is 12.2 Å². The molecule has 0 fully saturated rings. The Hall–Kier alpha value is -4.46. The molecule has 12 N–H and O–H groups in total. The van der Waals surface area contributed by atoms with Crippen LogP contribution in [0.25, 0.3) is 10.9 Å². The Labute approximate surface area is 211 Å². The third-order valence-electron chi connectivity index (χ3n) is 4.85. The van der Waals surface area contributed by atoms with Gasteiger partial charge in [-0.15, -0.1) is 0 Å². The van der Waals surface area contributed by atoms with Crippen molar-refractivity contribution in [3.8, 4) is 5.75 Å². The maximum absolute atomic E-state index is 10.6. The van der Waals surface area contributed by atoms with Gasteiger partial charge >= 0.3 is 23.9 Å². The lowest BCUT2D eigenvalue weighted by atomic mass is 10.1. The quantitative estimate of drug-likeness (QED) is 0.186. The summed E-state index contributed by atoms with van der Waals surface area (Å²) in [6.45, 7) is 0. The molecule has 0 amide bonds. The maximum atomic E-state index is 10.6. The number of para-hydroxylation sites is 1. The van der Waals surface area contributed by atoms with Crippen LogP contribution in [0.4, 0.5) is 0 Å². The number of H-pyrrole nitrogens is 1. The number of nitrogens with one attached hydrogen (secondary N) is 1. The van der Waals surface area contributed by atoms with Gasteiger partial charge in [-0.2, -0.15) is 0 Å². The van der Waals surface area contributed by atoms with Crippen molar-refractivity contribution in [3.63, 3.8) is 0 Å². The first kappa shape index (κ1) is 30.6. The molecule has 0 saturated carbocycles. The van der Waals surface area contributed by atoms with Crippen molar-refractivity contribution in [2.24, 2.45) is 17.2 Å². The first-order valence-corrected chi connectivity index (χ1v) is 10.8. The molecule has 2 aromatic carbocycles. The van der Waals surface area contributed by atoms with Crippen molar-refractivity contribution in [1.82, 2.24) is 4.98 Å². The fourth-order valence-corrected chi connectivity index (χ4v) is 2.87. The van der Waals surface area contributed by atoms with E-state index < -0.39 is 48.4 Å². The molecule has 37 heavy (non-hydrogen) atoms. The molecule has 0 aliphatic rings. The number of carbonyl (C=O) groups is 4. The van der Waals surface area contributed by atoms with Crippen molar-refractivity contribution in [2.45, 2.75) is 37.4 Å². The second-order valence-corrected chi connectivity index (χ2v) is 7.87. The number of carboxylic acids is 4. The zero-order chi connectivity index (χ0) is 28.1. The van der Waals surface area contributed by atoms with E-state index in [0.717, 1.165) is 22.0 Å².